The standard InChI is InChI=1S/C18H21N5O/c1-4-9-23-11(2)16-12(10-15(24)20-17(16)21-23)18-19-13-7-5-6-8-14(13)22(18)3/h5-8,12H,4,9-10H2,1-3H3,(H,20,21,24). The van der Waals surface area contributed by atoms with Crippen LogP contribution in [0.2, 0.25) is 0 Å². The molecule has 0 saturated carbocycles. The minimum Gasteiger partial charge on any atom is -0.331 e. The Morgan fingerprint density at radius 2 is 2.12 bits per heavy atom. The summed E-state index contributed by atoms with van der Waals surface area (Å²) in [4.78, 5) is 17.0. The van der Waals surface area contributed by atoms with Gasteiger partial charge in [-0.25, -0.2) is 4.98 Å². The predicted molar refractivity (Wildman–Crippen MR) is 93.1 cm³/mol. The van der Waals surface area contributed by atoms with Crippen molar-refractivity contribution in [2.24, 2.45) is 7.05 Å². The minimum absolute atomic E-state index is 0.000652. The van der Waals surface area contributed by atoms with Crippen LogP contribution in [0.3, 0.4) is 0 Å². The van der Waals surface area contributed by atoms with Gasteiger partial charge >= 0.3 is 0 Å². The average molecular weight is 323 g/mol. The van der Waals surface area contributed by atoms with Crippen LogP contribution in [0.5, 0.6) is 0 Å². The number of rotatable bonds is 3. The van der Waals surface area contributed by atoms with Crippen molar-refractivity contribution in [3.8, 4) is 0 Å². The van der Waals surface area contributed by atoms with Crippen molar-refractivity contribution in [3.05, 3.63) is 41.3 Å². The van der Waals surface area contributed by atoms with Gasteiger partial charge < -0.3 is 9.88 Å². The zero-order valence-electron chi connectivity index (χ0n) is 14.2. The summed E-state index contributed by atoms with van der Waals surface area (Å²) in [6.07, 6.45) is 1.41. The second-order valence-electron chi connectivity index (χ2n) is 6.39. The Morgan fingerprint density at radius 1 is 1.33 bits per heavy atom. The third-order valence-electron chi connectivity index (χ3n) is 4.82. The van der Waals surface area contributed by atoms with E-state index in [1.807, 2.05) is 29.9 Å². The van der Waals surface area contributed by atoms with E-state index in [0.717, 1.165) is 41.1 Å². The number of aromatic nitrogens is 4. The van der Waals surface area contributed by atoms with Crippen LogP contribution in [0, 0.1) is 6.92 Å². The van der Waals surface area contributed by atoms with Crippen molar-refractivity contribution < 1.29 is 4.79 Å². The van der Waals surface area contributed by atoms with Crippen LogP contribution in [0.25, 0.3) is 11.0 Å². The van der Waals surface area contributed by atoms with E-state index >= 15 is 0 Å². The number of fused-ring (bicyclic) bond motifs is 2. The summed E-state index contributed by atoms with van der Waals surface area (Å²) in [5.41, 5.74) is 4.25. The van der Waals surface area contributed by atoms with Gasteiger partial charge in [0.15, 0.2) is 5.82 Å². The van der Waals surface area contributed by atoms with E-state index in [0.29, 0.717) is 12.2 Å². The number of benzene rings is 1. The maximum atomic E-state index is 12.2. The van der Waals surface area contributed by atoms with Crippen molar-refractivity contribution in [2.45, 2.75) is 39.2 Å². The molecule has 3 aromatic rings. The molecule has 1 N–H and O–H groups in total. The molecule has 0 spiro atoms. The SMILES string of the molecule is CCCn1nc2c(c1C)C(c1nc3ccccc3n1C)CC(=O)N2. The van der Waals surface area contributed by atoms with Crippen LogP contribution in [-0.2, 0) is 18.4 Å². The quantitative estimate of drug-likeness (QED) is 0.806. The monoisotopic (exact) mass is 323 g/mol. The summed E-state index contributed by atoms with van der Waals surface area (Å²) >= 11 is 0. The first kappa shape index (κ1) is 14.9. The molecular formula is C18H21N5O. The second kappa shape index (κ2) is 5.47. The van der Waals surface area contributed by atoms with Gasteiger partial charge in [-0.1, -0.05) is 19.1 Å². The predicted octanol–water partition coefficient (Wildman–Crippen LogP) is 2.96. The number of carbonyl (C=O) groups excluding carboxylic acids is 1. The molecule has 1 aliphatic rings. The molecule has 2 aromatic heterocycles. The van der Waals surface area contributed by atoms with Crippen molar-refractivity contribution in [3.63, 3.8) is 0 Å². The van der Waals surface area contributed by atoms with Gasteiger partial charge in [-0.2, -0.15) is 5.10 Å². The molecule has 1 atom stereocenters. The highest BCUT2D eigenvalue weighted by Crippen LogP contribution is 2.39. The third-order valence-corrected chi connectivity index (χ3v) is 4.82. The summed E-state index contributed by atoms with van der Waals surface area (Å²) < 4.78 is 4.09. The van der Waals surface area contributed by atoms with E-state index in [9.17, 15) is 4.79 Å². The van der Waals surface area contributed by atoms with E-state index in [4.69, 9.17) is 4.98 Å². The summed E-state index contributed by atoms with van der Waals surface area (Å²) in [7, 11) is 2.02. The highest BCUT2D eigenvalue weighted by Gasteiger charge is 2.34. The number of amides is 1. The van der Waals surface area contributed by atoms with Crippen molar-refractivity contribution in [1.29, 1.82) is 0 Å². The maximum absolute atomic E-state index is 12.2. The molecule has 124 valence electrons. The molecule has 0 saturated heterocycles. The van der Waals surface area contributed by atoms with Gasteiger partial charge in [0.25, 0.3) is 0 Å². The third kappa shape index (κ3) is 2.13. The Labute approximate surface area is 140 Å². The van der Waals surface area contributed by atoms with Crippen molar-refractivity contribution in [2.75, 3.05) is 5.32 Å². The topological polar surface area (TPSA) is 64.7 Å². The number of nitrogens with zero attached hydrogens (tertiary/aromatic N) is 4. The highest BCUT2D eigenvalue weighted by atomic mass is 16.1. The Balaban J connectivity index is 1.90. The normalized spacial score (nSPS) is 17.1. The molecule has 0 aliphatic carbocycles. The van der Waals surface area contributed by atoms with Crippen molar-refractivity contribution in [1.82, 2.24) is 19.3 Å². The molecule has 6 heteroatoms. The Hall–Kier alpha value is -2.63. The van der Waals surface area contributed by atoms with Crippen LogP contribution in [0.15, 0.2) is 24.3 Å². The van der Waals surface area contributed by atoms with Gasteiger partial charge in [0.1, 0.15) is 5.82 Å². The minimum atomic E-state index is -0.0586. The smallest absolute Gasteiger partial charge is 0.226 e. The largest absolute Gasteiger partial charge is 0.331 e. The Bertz CT molecular complexity index is 936. The molecule has 1 aliphatic heterocycles. The van der Waals surface area contributed by atoms with Crippen LogP contribution in [0.1, 0.15) is 42.8 Å². The molecule has 1 unspecified atom stereocenters. The van der Waals surface area contributed by atoms with E-state index in [1.54, 1.807) is 0 Å². The zero-order chi connectivity index (χ0) is 16.8. The first-order valence-electron chi connectivity index (χ1n) is 8.38. The lowest BCUT2D eigenvalue weighted by Crippen LogP contribution is -2.25. The van der Waals surface area contributed by atoms with Gasteiger partial charge in [0, 0.05) is 31.3 Å². The molecule has 1 aromatic carbocycles. The molecule has 0 radical (unpaired) electrons. The molecule has 1 amide bonds. The van der Waals surface area contributed by atoms with Gasteiger partial charge in [-0.15, -0.1) is 0 Å². The van der Waals surface area contributed by atoms with E-state index in [-0.39, 0.29) is 11.8 Å². The van der Waals surface area contributed by atoms with Crippen LogP contribution in [-0.4, -0.2) is 25.2 Å². The number of imidazole rings is 1. The van der Waals surface area contributed by atoms with E-state index in [2.05, 4.69) is 34.9 Å². The maximum Gasteiger partial charge on any atom is 0.226 e. The van der Waals surface area contributed by atoms with Crippen molar-refractivity contribution >= 4 is 22.8 Å². The lowest BCUT2D eigenvalue weighted by molar-refractivity contribution is -0.116. The van der Waals surface area contributed by atoms with Gasteiger partial charge in [0.2, 0.25) is 5.91 Å². The Kier molecular flexibility index (Phi) is 3.40. The number of hydrogen-bond donors (Lipinski definition) is 1. The number of hydrogen-bond acceptors (Lipinski definition) is 3. The molecule has 24 heavy (non-hydrogen) atoms. The lowest BCUT2D eigenvalue weighted by atomic mass is 9.91. The molecular weight excluding hydrogens is 302 g/mol. The molecule has 0 fully saturated rings. The first-order chi connectivity index (χ1) is 11.6. The number of para-hydroxylation sites is 2. The molecule has 3 heterocycles. The number of carbonyl (C=O) groups is 1. The summed E-state index contributed by atoms with van der Waals surface area (Å²) in [5, 5.41) is 7.52. The molecule has 0 bridgehead atoms. The summed E-state index contributed by atoms with van der Waals surface area (Å²) in [5.74, 6) is 1.55. The second-order valence-corrected chi connectivity index (χ2v) is 6.39. The fourth-order valence-electron chi connectivity index (χ4n) is 3.67. The summed E-state index contributed by atoms with van der Waals surface area (Å²) in [6.45, 7) is 5.06. The highest BCUT2D eigenvalue weighted by molar-refractivity contribution is 5.94. The van der Waals surface area contributed by atoms with Crippen LogP contribution in [0.4, 0.5) is 5.82 Å². The fourth-order valence-corrected chi connectivity index (χ4v) is 3.67. The van der Waals surface area contributed by atoms with Gasteiger partial charge in [-0.05, 0) is 25.5 Å². The molecule has 6 nitrogen and oxygen atoms in total. The fraction of sp³-hybridized carbons (Fsp3) is 0.389. The average Bonchev–Trinajstić information content (AvgIpc) is 3.06. The number of aryl methyl sites for hydroxylation is 2. The zero-order valence-corrected chi connectivity index (χ0v) is 14.2. The van der Waals surface area contributed by atoms with Crippen LogP contribution >= 0.6 is 0 Å². The van der Waals surface area contributed by atoms with E-state index in [1.165, 1.54) is 0 Å². The van der Waals surface area contributed by atoms with Gasteiger partial charge in [0.05, 0.1) is 17.0 Å². The summed E-state index contributed by atoms with van der Waals surface area (Å²) in [6, 6.07) is 8.07. The first-order valence-corrected chi connectivity index (χ1v) is 8.38. The van der Waals surface area contributed by atoms with Gasteiger partial charge in [-0.3, -0.25) is 9.48 Å². The lowest BCUT2D eigenvalue weighted by Gasteiger charge is -2.22. The van der Waals surface area contributed by atoms with E-state index < -0.39 is 0 Å². The number of nitrogens with one attached hydrogen (secondary N) is 1. The Morgan fingerprint density at radius 3 is 2.88 bits per heavy atom. The number of anilines is 1. The van der Waals surface area contributed by atoms with Crippen LogP contribution < -0.4 is 5.32 Å². The molecule has 4 rings (SSSR count).